The van der Waals surface area contributed by atoms with Gasteiger partial charge in [-0.3, -0.25) is 4.90 Å². The molecule has 0 aliphatic carbocycles. The molecule has 2 heterocycles. The molecule has 1 N–H and O–H groups in total. The third-order valence-electron chi connectivity index (χ3n) is 5.39. The van der Waals surface area contributed by atoms with Gasteiger partial charge < -0.3 is 14.5 Å². The minimum Gasteiger partial charge on any atom is -0.497 e. The van der Waals surface area contributed by atoms with Gasteiger partial charge in [0.15, 0.2) is 0 Å². The van der Waals surface area contributed by atoms with Crippen molar-refractivity contribution in [1.29, 1.82) is 0 Å². The Kier molecular flexibility index (Phi) is 5.35. The predicted octanol–water partition coefficient (Wildman–Crippen LogP) is 4.19. The maximum atomic E-state index is 11.9. The number of rotatable bonds is 5. The van der Waals surface area contributed by atoms with Crippen LogP contribution in [0.25, 0.3) is 11.0 Å². The molecule has 0 amide bonds. The molecule has 1 aliphatic heterocycles. The standard InChI is InChI=1S/C23H26N2O3/c1-16-4-3-5-17(12-16)15-25-10-8-18(9-11-25)24-21-14-23(26)28-22-7-6-19(27-2)13-20(21)22/h3-7,12-14,18,24H,8-11,15H2,1-2H3. The van der Waals surface area contributed by atoms with Crippen LogP contribution in [0.2, 0.25) is 0 Å². The number of fused-ring (bicyclic) bond motifs is 1. The number of anilines is 1. The van der Waals surface area contributed by atoms with Gasteiger partial charge in [0, 0.05) is 37.1 Å². The molecule has 5 nitrogen and oxygen atoms in total. The number of nitrogens with one attached hydrogen (secondary N) is 1. The van der Waals surface area contributed by atoms with Crippen molar-refractivity contribution in [3.05, 3.63) is 70.1 Å². The largest absolute Gasteiger partial charge is 0.497 e. The van der Waals surface area contributed by atoms with Crippen molar-refractivity contribution in [2.45, 2.75) is 32.4 Å². The zero-order chi connectivity index (χ0) is 19.5. The van der Waals surface area contributed by atoms with Gasteiger partial charge in [0.2, 0.25) is 0 Å². The van der Waals surface area contributed by atoms with Crippen molar-refractivity contribution in [2.75, 3.05) is 25.5 Å². The second-order valence-electron chi connectivity index (χ2n) is 7.53. The number of likely N-dealkylation sites (tertiary alicyclic amines) is 1. The van der Waals surface area contributed by atoms with E-state index in [4.69, 9.17) is 9.15 Å². The van der Waals surface area contributed by atoms with Gasteiger partial charge in [0.1, 0.15) is 11.3 Å². The van der Waals surface area contributed by atoms with Crippen molar-refractivity contribution < 1.29 is 9.15 Å². The third-order valence-corrected chi connectivity index (χ3v) is 5.39. The minimum atomic E-state index is -0.336. The van der Waals surface area contributed by atoms with E-state index in [9.17, 15) is 4.79 Å². The predicted molar refractivity (Wildman–Crippen MR) is 112 cm³/mol. The fraction of sp³-hybridized carbons (Fsp3) is 0.348. The zero-order valence-corrected chi connectivity index (χ0v) is 16.4. The monoisotopic (exact) mass is 378 g/mol. The van der Waals surface area contributed by atoms with Gasteiger partial charge in [-0.05, 0) is 43.5 Å². The maximum Gasteiger partial charge on any atom is 0.338 e. The van der Waals surface area contributed by atoms with Gasteiger partial charge in [-0.1, -0.05) is 29.8 Å². The summed E-state index contributed by atoms with van der Waals surface area (Å²) in [5, 5.41) is 4.44. The number of nitrogens with zero attached hydrogens (tertiary/aromatic N) is 1. The van der Waals surface area contributed by atoms with E-state index in [1.54, 1.807) is 25.3 Å². The SMILES string of the molecule is COc1ccc2oc(=O)cc(NC3CCN(Cc4cccc(C)c4)CC3)c2c1. The number of benzene rings is 2. The van der Waals surface area contributed by atoms with E-state index in [0.29, 0.717) is 11.6 Å². The normalized spacial score (nSPS) is 15.6. The topological polar surface area (TPSA) is 54.7 Å². The van der Waals surface area contributed by atoms with Gasteiger partial charge in [0.25, 0.3) is 0 Å². The van der Waals surface area contributed by atoms with Crippen molar-refractivity contribution in [2.24, 2.45) is 0 Å². The molecule has 0 bridgehead atoms. The van der Waals surface area contributed by atoms with Crippen molar-refractivity contribution in [3.8, 4) is 5.75 Å². The van der Waals surface area contributed by atoms with E-state index in [-0.39, 0.29) is 5.63 Å². The number of aryl methyl sites for hydroxylation is 1. The Morgan fingerprint density at radius 3 is 2.71 bits per heavy atom. The molecule has 0 radical (unpaired) electrons. The first kappa shape index (κ1) is 18.6. The van der Waals surface area contributed by atoms with E-state index >= 15 is 0 Å². The molecule has 146 valence electrons. The highest BCUT2D eigenvalue weighted by Crippen LogP contribution is 2.28. The maximum absolute atomic E-state index is 11.9. The van der Waals surface area contributed by atoms with E-state index in [0.717, 1.165) is 49.3 Å². The van der Waals surface area contributed by atoms with E-state index in [2.05, 4.69) is 41.4 Å². The Morgan fingerprint density at radius 2 is 1.96 bits per heavy atom. The van der Waals surface area contributed by atoms with Crippen molar-refractivity contribution in [3.63, 3.8) is 0 Å². The molecule has 0 atom stereocenters. The lowest BCUT2D eigenvalue weighted by atomic mass is 10.0. The minimum absolute atomic E-state index is 0.336. The van der Waals surface area contributed by atoms with Crippen LogP contribution in [0.1, 0.15) is 24.0 Å². The van der Waals surface area contributed by atoms with Gasteiger partial charge in [0.05, 0.1) is 12.8 Å². The lowest BCUT2D eigenvalue weighted by molar-refractivity contribution is 0.211. The molecule has 1 aliphatic rings. The molecule has 3 aromatic rings. The van der Waals surface area contributed by atoms with Crippen LogP contribution in [0.4, 0.5) is 5.69 Å². The second-order valence-corrected chi connectivity index (χ2v) is 7.53. The van der Waals surface area contributed by atoms with Crippen LogP contribution in [0.5, 0.6) is 5.75 Å². The number of methoxy groups -OCH3 is 1. The summed E-state index contributed by atoms with van der Waals surface area (Å²) >= 11 is 0. The summed E-state index contributed by atoms with van der Waals surface area (Å²) in [6.45, 7) is 5.20. The van der Waals surface area contributed by atoms with Crippen LogP contribution in [0, 0.1) is 6.92 Å². The quantitative estimate of drug-likeness (QED) is 0.675. The summed E-state index contributed by atoms with van der Waals surface area (Å²) in [5.74, 6) is 0.748. The molecule has 4 rings (SSSR count). The third kappa shape index (κ3) is 4.20. The first-order valence-corrected chi connectivity index (χ1v) is 9.77. The van der Waals surface area contributed by atoms with Gasteiger partial charge in [-0.2, -0.15) is 0 Å². The highest BCUT2D eigenvalue weighted by molar-refractivity contribution is 5.90. The molecule has 5 heteroatoms. The Balaban J connectivity index is 1.44. The van der Waals surface area contributed by atoms with E-state index in [1.165, 1.54) is 11.1 Å². The second kappa shape index (κ2) is 8.07. The molecular weight excluding hydrogens is 352 g/mol. The smallest absolute Gasteiger partial charge is 0.338 e. The summed E-state index contributed by atoms with van der Waals surface area (Å²) in [5.41, 5.74) is 3.73. The first-order chi connectivity index (χ1) is 13.6. The first-order valence-electron chi connectivity index (χ1n) is 9.77. The van der Waals surface area contributed by atoms with Gasteiger partial charge >= 0.3 is 5.63 Å². The van der Waals surface area contributed by atoms with Crippen molar-refractivity contribution >= 4 is 16.7 Å². The lowest BCUT2D eigenvalue weighted by Crippen LogP contribution is -2.38. The van der Waals surface area contributed by atoms with E-state index < -0.39 is 0 Å². The molecule has 0 spiro atoms. The molecule has 1 fully saturated rings. The number of hydrogen-bond acceptors (Lipinski definition) is 5. The highest BCUT2D eigenvalue weighted by atomic mass is 16.5. The van der Waals surface area contributed by atoms with Crippen LogP contribution < -0.4 is 15.7 Å². The summed E-state index contributed by atoms with van der Waals surface area (Å²) in [7, 11) is 1.64. The molecule has 1 saturated heterocycles. The Morgan fingerprint density at radius 1 is 1.14 bits per heavy atom. The van der Waals surface area contributed by atoms with Crippen LogP contribution in [0.15, 0.2) is 57.7 Å². The molecule has 0 unspecified atom stereocenters. The average molecular weight is 378 g/mol. The van der Waals surface area contributed by atoms with Crippen molar-refractivity contribution in [1.82, 2.24) is 4.90 Å². The number of ether oxygens (including phenoxy) is 1. The average Bonchev–Trinajstić information content (AvgIpc) is 2.69. The van der Waals surface area contributed by atoms with E-state index in [1.807, 2.05) is 6.07 Å². The molecule has 2 aromatic carbocycles. The summed E-state index contributed by atoms with van der Waals surface area (Å²) in [6.07, 6.45) is 2.08. The summed E-state index contributed by atoms with van der Waals surface area (Å²) in [6, 6.07) is 16.1. The number of piperidine rings is 1. The van der Waals surface area contributed by atoms with Crippen LogP contribution in [-0.4, -0.2) is 31.1 Å². The summed E-state index contributed by atoms with van der Waals surface area (Å²) < 4.78 is 10.6. The Hall–Kier alpha value is -2.79. The van der Waals surface area contributed by atoms with Gasteiger partial charge in [-0.15, -0.1) is 0 Å². The Bertz CT molecular complexity index is 1020. The molecule has 0 saturated carbocycles. The molecule has 28 heavy (non-hydrogen) atoms. The zero-order valence-electron chi connectivity index (χ0n) is 16.4. The van der Waals surface area contributed by atoms with Crippen LogP contribution in [-0.2, 0) is 6.54 Å². The fourth-order valence-electron chi connectivity index (χ4n) is 3.91. The number of hydrogen-bond donors (Lipinski definition) is 1. The lowest BCUT2D eigenvalue weighted by Gasteiger charge is -2.33. The Labute approximate surface area is 164 Å². The van der Waals surface area contributed by atoms with Gasteiger partial charge in [-0.25, -0.2) is 4.79 Å². The van der Waals surface area contributed by atoms with Crippen LogP contribution in [0.3, 0.4) is 0 Å². The highest BCUT2D eigenvalue weighted by Gasteiger charge is 2.20. The molecule has 1 aromatic heterocycles. The summed E-state index contributed by atoms with van der Waals surface area (Å²) in [4.78, 5) is 14.4. The fourth-order valence-corrected chi connectivity index (χ4v) is 3.91. The van der Waals surface area contributed by atoms with Crippen LogP contribution >= 0.6 is 0 Å². The molecular formula is C23H26N2O3.